The zero-order chi connectivity index (χ0) is 19.2. The first-order valence-corrected chi connectivity index (χ1v) is 8.84. The lowest BCUT2D eigenvalue weighted by Gasteiger charge is -2.27. The predicted molar refractivity (Wildman–Crippen MR) is 99.9 cm³/mol. The Morgan fingerprint density at radius 2 is 1.85 bits per heavy atom. The van der Waals surface area contributed by atoms with Crippen molar-refractivity contribution in [3.05, 3.63) is 71.3 Å². The third-order valence-electron chi connectivity index (χ3n) is 4.41. The van der Waals surface area contributed by atoms with Crippen LogP contribution in [0.2, 0.25) is 0 Å². The van der Waals surface area contributed by atoms with E-state index in [-0.39, 0.29) is 18.0 Å². The number of anilines is 1. The standard InChI is InChI=1S/C21H20F2N2O2/c22-18-7-4-8-19(23)17(18)10-11-20(26)24-14-15-5-3-6-16(13-15)25-12-2-1-9-21(25)27/h3-8,10-11,13H,1-2,9,12,14H2,(H,24,26)/b11-10+. The van der Waals surface area contributed by atoms with Crippen molar-refractivity contribution >= 4 is 23.6 Å². The quantitative estimate of drug-likeness (QED) is 0.814. The number of carbonyl (C=O) groups excluding carboxylic acids is 2. The zero-order valence-corrected chi connectivity index (χ0v) is 14.8. The molecule has 27 heavy (non-hydrogen) atoms. The molecular formula is C21H20F2N2O2. The monoisotopic (exact) mass is 370 g/mol. The van der Waals surface area contributed by atoms with E-state index in [1.165, 1.54) is 6.07 Å². The number of nitrogens with one attached hydrogen (secondary N) is 1. The molecule has 0 spiro atoms. The van der Waals surface area contributed by atoms with Crippen molar-refractivity contribution in [2.75, 3.05) is 11.4 Å². The predicted octanol–water partition coefficient (Wildman–Crippen LogP) is 3.81. The maximum absolute atomic E-state index is 13.5. The highest BCUT2D eigenvalue weighted by Crippen LogP contribution is 2.22. The largest absolute Gasteiger partial charge is 0.348 e. The van der Waals surface area contributed by atoms with Crippen LogP contribution in [0.3, 0.4) is 0 Å². The SMILES string of the molecule is O=C(/C=C/c1c(F)cccc1F)NCc1cccc(N2CCCCC2=O)c1. The van der Waals surface area contributed by atoms with Crippen molar-refractivity contribution in [3.8, 4) is 0 Å². The molecule has 0 saturated carbocycles. The Labute approximate surface area is 156 Å². The molecule has 1 N–H and O–H groups in total. The van der Waals surface area contributed by atoms with Gasteiger partial charge in [-0.25, -0.2) is 8.78 Å². The minimum absolute atomic E-state index is 0.109. The van der Waals surface area contributed by atoms with Crippen molar-refractivity contribution in [3.63, 3.8) is 0 Å². The Hall–Kier alpha value is -3.02. The van der Waals surface area contributed by atoms with Crippen LogP contribution in [0, 0.1) is 11.6 Å². The van der Waals surface area contributed by atoms with Gasteiger partial charge in [-0.2, -0.15) is 0 Å². The molecule has 1 aliphatic rings. The zero-order valence-electron chi connectivity index (χ0n) is 14.8. The Balaban J connectivity index is 1.61. The van der Waals surface area contributed by atoms with Gasteiger partial charge in [-0.05, 0) is 48.7 Å². The summed E-state index contributed by atoms with van der Waals surface area (Å²) >= 11 is 0. The summed E-state index contributed by atoms with van der Waals surface area (Å²) in [7, 11) is 0. The third-order valence-corrected chi connectivity index (χ3v) is 4.41. The first-order chi connectivity index (χ1) is 13.0. The summed E-state index contributed by atoms with van der Waals surface area (Å²) in [5.74, 6) is -1.80. The topological polar surface area (TPSA) is 49.4 Å². The molecular weight excluding hydrogens is 350 g/mol. The summed E-state index contributed by atoms with van der Waals surface area (Å²) in [6.07, 6.45) is 4.66. The van der Waals surface area contributed by atoms with E-state index in [1.807, 2.05) is 24.3 Å². The highest BCUT2D eigenvalue weighted by atomic mass is 19.1. The number of hydrogen-bond acceptors (Lipinski definition) is 2. The first-order valence-electron chi connectivity index (χ1n) is 8.84. The second kappa shape index (κ2) is 8.58. The fraction of sp³-hybridized carbons (Fsp3) is 0.238. The van der Waals surface area contributed by atoms with Gasteiger partial charge in [-0.3, -0.25) is 9.59 Å². The van der Waals surface area contributed by atoms with Gasteiger partial charge < -0.3 is 10.2 Å². The molecule has 0 atom stereocenters. The van der Waals surface area contributed by atoms with Crippen LogP contribution in [0.5, 0.6) is 0 Å². The Morgan fingerprint density at radius 3 is 2.59 bits per heavy atom. The molecule has 0 bridgehead atoms. The molecule has 2 aromatic carbocycles. The lowest BCUT2D eigenvalue weighted by atomic mass is 10.1. The average Bonchev–Trinajstić information content (AvgIpc) is 2.66. The van der Waals surface area contributed by atoms with E-state index in [4.69, 9.17) is 0 Å². The fourth-order valence-corrected chi connectivity index (χ4v) is 2.99. The highest BCUT2D eigenvalue weighted by Gasteiger charge is 2.19. The summed E-state index contributed by atoms with van der Waals surface area (Å²) in [4.78, 5) is 25.7. The number of hydrogen-bond donors (Lipinski definition) is 1. The molecule has 2 amide bonds. The number of nitrogens with zero attached hydrogens (tertiary/aromatic N) is 1. The van der Waals surface area contributed by atoms with Crippen LogP contribution < -0.4 is 10.2 Å². The molecule has 4 nitrogen and oxygen atoms in total. The Bertz CT molecular complexity index is 860. The van der Waals surface area contributed by atoms with Gasteiger partial charge >= 0.3 is 0 Å². The van der Waals surface area contributed by atoms with Gasteiger partial charge in [0.25, 0.3) is 0 Å². The van der Waals surface area contributed by atoms with Gasteiger partial charge in [0.1, 0.15) is 11.6 Å². The third kappa shape index (κ3) is 4.78. The van der Waals surface area contributed by atoms with Gasteiger partial charge in [0.15, 0.2) is 0 Å². The van der Waals surface area contributed by atoms with Crippen LogP contribution >= 0.6 is 0 Å². The highest BCUT2D eigenvalue weighted by molar-refractivity contribution is 5.94. The maximum Gasteiger partial charge on any atom is 0.244 e. The van der Waals surface area contributed by atoms with E-state index in [9.17, 15) is 18.4 Å². The van der Waals surface area contributed by atoms with E-state index >= 15 is 0 Å². The molecule has 1 heterocycles. The second-order valence-electron chi connectivity index (χ2n) is 6.36. The van der Waals surface area contributed by atoms with E-state index in [1.54, 1.807) is 4.90 Å². The van der Waals surface area contributed by atoms with Crippen LogP contribution in [0.15, 0.2) is 48.5 Å². The number of carbonyl (C=O) groups is 2. The van der Waals surface area contributed by atoms with Crippen LogP contribution in [0.1, 0.15) is 30.4 Å². The Morgan fingerprint density at radius 1 is 1.11 bits per heavy atom. The van der Waals surface area contributed by atoms with Crippen molar-refractivity contribution < 1.29 is 18.4 Å². The number of piperidine rings is 1. The van der Waals surface area contributed by atoms with Crippen LogP contribution in [-0.4, -0.2) is 18.4 Å². The van der Waals surface area contributed by atoms with Crippen LogP contribution in [0.4, 0.5) is 14.5 Å². The molecule has 1 fully saturated rings. The van der Waals surface area contributed by atoms with E-state index in [0.29, 0.717) is 13.0 Å². The molecule has 6 heteroatoms. The van der Waals surface area contributed by atoms with Crippen LogP contribution in [0.25, 0.3) is 6.08 Å². The number of amides is 2. The molecule has 1 saturated heterocycles. The maximum atomic E-state index is 13.5. The summed E-state index contributed by atoms with van der Waals surface area (Å²) in [5.41, 5.74) is 1.40. The molecule has 0 aromatic heterocycles. The molecule has 0 radical (unpaired) electrons. The Kier molecular flexibility index (Phi) is 5.96. The molecule has 2 aromatic rings. The molecule has 3 rings (SSSR count). The second-order valence-corrected chi connectivity index (χ2v) is 6.36. The number of rotatable bonds is 5. The number of benzene rings is 2. The normalized spacial score (nSPS) is 14.6. The summed E-state index contributed by atoms with van der Waals surface area (Å²) in [6, 6.07) is 10.9. The van der Waals surface area contributed by atoms with Crippen molar-refractivity contribution in [1.29, 1.82) is 0 Å². The fourth-order valence-electron chi connectivity index (χ4n) is 2.99. The lowest BCUT2D eigenvalue weighted by molar-refractivity contribution is -0.119. The van der Waals surface area contributed by atoms with E-state index in [2.05, 4.69) is 5.32 Å². The molecule has 0 unspecified atom stereocenters. The smallest absolute Gasteiger partial charge is 0.244 e. The van der Waals surface area contributed by atoms with Gasteiger partial charge in [0.2, 0.25) is 11.8 Å². The minimum atomic E-state index is -0.724. The van der Waals surface area contributed by atoms with Crippen molar-refractivity contribution in [1.82, 2.24) is 5.32 Å². The van der Waals surface area contributed by atoms with Crippen molar-refractivity contribution in [2.24, 2.45) is 0 Å². The van der Waals surface area contributed by atoms with Crippen molar-refractivity contribution in [2.45, 2.75) is 25.8 Å². The minimum Gasteiger partial charge on any atom is -0.348 e. The van der Waals surface area contributed by atoms with E-state index in [0.717, 1.165) is 48.4 Å². The first kappa shape index (κ1) is 18.8. The van der Waals surface area contributed by atoms with Gasteiger partial charge in [0, 0.05) is 36.8 Å². The molecule has 1 aliphatic heterocycles. The molecule has 140 valence electrons. The summed E-state index contributed by atoms with van der Waals surface area (Å²) in [6.45, 7) is 0.949. The van der Waals surface area contributed by atoms with Gasteiger partial charge in [-0.1, -0.05) is 18.2 Å². The lowest BCUT2D eigenvalue weighted by Crippen LogP contribution is -2.35. The van der Waals surface area contributed by atoms with Crippen LogP contribution in [-0.2, 0) is 16.1 Å². The number of halogens is 2. The van der Waals surface area contributed by atoms with E-state index < -0.39 is 17.5 Å². The van der Waals surface area contributed by atoms with Gasteiger partial charge in [0.05, 0.1) is 0 Å². The summed E-state index contributed by atoms with van der Waals surface area (Å²) in [5, 5.41) is 2.68. The summed E-state index contributed by atoms with van der Waals surface area (Å²) < 4.78 is 27.1. The molecule has 0 aliphatic carbocycles. The average molecular weight is 370 g/mol. The van der Waals surface area contributed by atoms with Gasteiger partial charge in [-0.15, -0.1) is 0 Å².